The second kappa shape index (κ2) is 13.9. The molecule has 0 aliphatic carbocycles. The normalized spacial score (nSPS) is 12.9. The third kappa shape index (κ3) is 13.7. The number of methoxy groups -OCH3 is 2. The smallest absolute Gasteiger partial charge is 0.0700 e. The summed E-state index contributed by atoms with van der Waals surface area (Å²) in [6, 6.07) is 0.448. The van der Waals surface area contributed by atoms with E-state index in [1.807, 2.05) is 0 Å². The zero-order valence-corrected chi connectivity index (χ0v) is 11.4. The molecule has 0 heterocycles. The van der Waals surface area contributed by atoms with Crippen molar-refractivity contribution in [2.24, 2.45) is 0 Å². The summed E-state index contributed by atoms with van der Waals surface area (Å²) < 4.78 is 20.5. The molecule has 0 saturated heterocycles. The van der Waals surface area contributed by atoms with Gasteiger partial charge < -0.3 is 24.3 Å². The van der Waals surface area contributed by atoms with Crippen molar-refractivity contribution in [3.05, 3.63) is 0 Å². The van der Waals surface area contributed by atoms with E-state index >= 15 is 0 Å². The van der Waals surface area contributed by atoms with E-state index in [-0.39, 0.29) is 0 Å². The Morgan fingerprint density at radius 2 is 1.41 bits per heavy atom. The lowest BCUT2D eigenvalue weighted by Gasteiger charge is -2.13. The average Bonchev–Trinajstić information content (AvgIpc) is 2.33. The Hall–Kier alpha value is -0.200. The monoisotopic (exact) mass is 249 g/mol. The molecule has 0 aliphatic rings. The van der Waals surface area contributed by atoms with Crippen molar-refractivity contribution in [2.45, 2.75) is 19.4 Å². The van der Waals surface area contributed by atoms with Crippen LogP contribution in [0.1, 0.15) is 13.3 Å². The lowest BCUT2D eigenvalue weighted by atomic mass is 10.2. The fraction of sp³-hybridized carbons (Fsp3) is 1.00. The highest BCUT2D eigenvalue weighted by Crippen LogP contribution is 1.91. The van der Waals surface area contributed by atoms with Crippen LogP contribution in [-0.2, 0) is 18.9 Å². The van der Waals surface area contributed by atoms with Crippen LogP contribution in [0.15, 0.2) is 0 Å². The van der Waals surface area contributed by atoms with E-state index in [9.17, 15) is 0 Å². The van der Waals surface area contributed by atoms with Crippen molar-refractivity contribution in [1.29, 1.82) is 0 Å². The highest BCUT2D eigenvalue weighted by molar-refractivity contribution is 4.59. The van der Waals surface area contributed by atoms with Crippen LogP contribution in [0.4, 0.5) is 0 Å². The van der Waals surface area contributed by atoms with E-state index in [2.05, 4.69) is 12.2 Å². The second-order valence-electron chi connectivity index (χ2n) is 3.85. The molecule has 0 aliphatic heterocycles. The molecule has 0 aromatic rings. The SMILES string of the molecule is COCCOCCNC(C)CCOCCOC. The van der Waals surface area contributed by atoms with Crippen LogP contribution in [0.5, 0.6) is 0 Å². The standard InChI is InChI=1S/C12H27NO4/c1-12(4-6-16-10-8-14-2)13-5-7-17-11-9-15-3/h12-13H,4-11H2,1-3H3. The molecular weight excluding hydrogens is 222 g/mol. The lowest BCUT2D eigenvalue weighted by molar-refractivity contribution is 0.0626. The number of ether oxygens (including phenoxy) is 4. The van der Waals surface area contributed by atoms with Gasteiger partial charge in [-0.25, -0.2) is 0 Å². The Labute approximate surface area is 105 Å². The lowest BCUT2D eigenvalue weighted by Crippen LogP contribution is -2.30. The Morgan fingerprint density at radius 1 is 0.824 bits per heavy atom. The maximum absolute atomic E-state index is 5.39. The Kier molecular flexibility index (Phi) is 13.7. The molecule has 0 amide bonds. The number of rotatable bonds is 13. The van der Waals surface area contributed by atoms with Gasteiger partial charge in [0.05, 0.1) is 33.0 Å². The first-order chi connectivity index (χ1) is 8.31. The van der Waals surface area contributed by atoms with E-state index < -0.39 is 0 Å². The highest BCUT2D eigenvalue weighted by Gasteiger charge is 2.00. The van der Waals surface area contributed by atoms with Crippen LogP contribution in [0.2, 0.25) is 0 Å². The van der Waals surface area contributed by atoms with Crippen molar-refractivity contribution in [3.8, 4) is 0 Å². The first kappa shape index (κ1) is 16.8. The summed E-state index contributed by atoms with van der Waals surface area (Å²) in [7, 11) is 3.35. The summed E-state index contributed by atoms with van der Waals surface area (Å²) in [5.41, 5.74) is 0. The largest absolute Gasteiger partial charge is 0.382 e. The van der Waals surface area contributed by atoms with E-state index in [1.54, 1.807) is 14.2 Å². The fourth-order valence-electron chi connectivity index (χ4n) is 1.23. The van der Waals surface area contributed by atoms with E-state index in [1.165, 1.54) is 0 Å². The maximum Gasteiger partial charge on any atom is 0.0700 e. The maximum atomic E-state index is 5.39. The molecule has 0 aromatic carbocycles. The third-order valence-electron chi connectivity index (χ3n) is 2.30. The Balaban J connectivity index is 3.09. The molecule has 104 valence electrons. The van der Waals surface area contributed by atoms with Crippen LogP contribution in [-0.4, -0.2) is 66.4 Å². The summed E-state index contributed by atoms with van der Waals surface area (Å²) in [4.78, 5) is 0. The fourth-order valence-corrected chi connectivity index (χ4v) is 1.23. The summed E-state index contributed by atoms with van der Waals surface area (Å²) in [5, 5.41) is 3.37. The van der Waals surface area contributed by atoms with Gasteiger partial charge in [0, 0.05) is 33.4 Å². The minimum atomic E-state index is 0.448. The molecule has 1 N–H and O–H groups in total. The summed E-state index contributed by atoms with van der Waals surface area (Å²) >= 11 is 0. The second-order valence-corrected chi connectivity index (χ2v) is 3.85. The minimum absolute atomic E-state index is 0.448. The highest BCUT2D eigenvalue weighted by atomic mass is 16.5. The molecule has 0 fully saturated rings. The molecular formula is C12H27NO4. The molecule has 1 unspecified atom stereocenters. The van der Waals surface area contributed by atoms with E-state index in [4.69, 9.17) is 18.9 Å². The van der Waals surface area contributed by atoms with Gasteiger partial charge in [0.1, 0.15) is 0 Å². The van der Waals surface area contributed by atoms with Gasteiger partial charge in [-0.15, -0.1) is 0 Å². The first-order valence-electron chi connectivity index (χ1n) is 6.18. The number of hydrogen-bond acceptors (Lipinski definition) is 5. The van der Waals surface area contributed by atoms with Gasteiger partial charge in [0.15, 0.2) is 0 Å². The minimum Gasteiger partial charge on any atom is -0.382 e. The Bertz CT molecular complexity index is 146. The molecule has 5 nitrogen and oxygen atoms in total. The van der Waals surface area contributed by atoms with Gasteiger partial charge in [-0.3, -0.25) is 0 Å². The molecule has 5 heteroatoms. The Morgan fingerprint density at radius 3 is 2.00 bits per heavy atom. The molecule has 0 spiro atoms. The molecule has 1 atom stereocenters. The molecule has 17 heavy (non-hydrogen) atoms. The van der Waals surface area contributed by atoms with E-state index in [0.717, 1.165) is 26.2 Å². The van der Waals surface area contributed by atoms with Gasteiger partial charge in [0.25, 0.3) is 0 Å². The van der Waals surface area contributed by atoms with Crippen LogP contribution in [0.25, 0.3) is 0 Å². The zero-order chi connectivity index (χ0) is 12.8. The molecule has 0 radical (unpaired) electrons. The molecule has 0 aromatic heterocycles. The van der Waals surface area contributed by atoms with Gasteiger partial charge in [0.2, 0.25) is 0 Å². The van der Waals surface area contributed by atoms with Crippen molar-refractivity contribution in [2.75, 3.05) is 60.4 Å². The van der Waals surface area contributed by atoms with Crippen molar-refractivity contribution >= 4 is 0 Å². The predicted octanol–water partition coefficient (Wildman–Crippen LogP) is 0.681. The zero-order valence-electron chi connectivity index (χ0n) is 11.4. The average molecular weight is 249 g/mol. The summed E-state index contributed by atoms with van der Waals surface area (Å²) in [5.74, 6) is 0. The third-order valence-corrected chi connectivity index (χ3v) is 2.30. The van der Waals surface area contributed by atoms with Gasteiger partial charge in [-0.2, -0.15) is 0 Å². The van der Waals surface area contributed by atoms with Crippen LogP contribution in [0.3, 0.4) is 0 Å². The van der Waals surface area contributed by atoms with Gasteiger partial charge >= 0.3 is 0 Å². The summed E-state index contributed by atoms with van der Waals surface area (Å²) in [6.45, 7) is 7.14. The quantitative estimate of drug-likeness (QED) is 0.486. The molecule has 0 saturated carbocycles. The van der Waals surface area contributed by atoms with Crippen molar-refractivity contribution in [3.63, 3.8) is 0 Å². The van der Waals surface area contributed by atoms with Crippen molar-refractivity contribution in [1.82, 2.24) is 5.32 Å². The van der Waals surface area contributed by atoms with Crippen LogP contribution in [0, 0.1) is 0 Å². The molecule has 0 rings (SSSR count). The van der Waals surface area contributed by atoms with Gasteiger partial charge in [-0.05, 0) is 13.3 Å². The number of nitrogens with one attached hydrogen (secondary N) is 1. The van der Waals surface area contributed by atoms with Crippen LogP contribution < -0.4 is 5.32 Å². The van der Waals surface area contributed by atoms with Crippen molar-refractivity contribution < 1.29 is 18.9 Å². The first-order valence-corrected chi connectivity index (χ1v) is 6.18. The van der Waals surface area contributed by atoms with E-state index in [0.29, 0.717) is 32.5 Å². The predicted molar refractivity (Wildman–Crippen MR) is 67.5 cm³/mol. The topological polar surface area (TPSA) is 49.0 Å². The number of hydrogen-bond donors (Lipinski definition) is 1. The van der Waals surface area contributed by atoms with Gasteiger partial charge in [-0.1, -0.05) is 0 Å². The van der Waals surface area contributed by atoms with Crippen LogP contribution >= 0.6 is 0 Å². The summed E-state index contributed by atoms with van der Waals surface area (Å²) in [6.07, 6.45) is 1.00. The molecule has 0 bridgehead atoms.